The van der Waals surface area contributed by atoms with Crippen LogP contribution in [0.3, 0.4) is 0 Å². The maximum atomic E-state index is 11.5. The van der Waals surface area contributed by atoms with E-state index in [1.807, 2.05) is 14.0 Å². The third-order valence-corrected chi connectivity index (χ3v) is 3.07. The molecule has 1 saturated heterocycles. The van der Waals surface area contributed by atoms with Gasteiger partial charge in [-0.25, -0.2) is 0 Å². The van der Waals surface area contributed by atoms with Crippen LogP contribution >= 0.6 is 0 Å². The lowest BCUT2D eigenvalue weighted by atomic mass is 9.86. The lowest BCUT2D eigenvalue weighted by molar-refractivity contribution is -0.138. The van der Waals surface area contributed by atoms with Gasteiger partial charge in [0.05, 0.1) is 0 Å². The van der Waals surface area contributed by atoms with Crippen LogP contribution in [0.1, 0.15) is 26.2 Å². The minimum atomic E-state index is -0.821. The van der Waals surface area contributed by atoms with Crippen LogP contribution in [0.15, 0.2) is 0 Å². The van der Waals surface area contributed by atoms with Crippen LogP contribution in [-0.2, 0) is 9.59 Å². The molecule has 1 fully saturated rings. The number of ketones is 1. The minimum absolute atomic E-state index is 0.0919. The summed E-state index contributed by atoms with van der Waals surface area (Å²) in [5, 5.41) is 8.56. The van der Waals surface area contributed by atoms with Crippen molar-refractivity contribution < 1.29 is 14.7 Å². The van der Waals surface area contributed by atoms with Crippen molar-refractivity contribution in [3.05, 3.63) is 0 Å². The van der Waals surface area contributed by atoms with E-state index in [0.717, 1.165) is 6.54 Å². The number of Topliss-reactive ketones (excluding diaryl/α,β-unsaturated/α-hetero) is 1. The number of carboxylic acids is 1. The normalized spacial score (nSPS) is 29.1. The number of hydrogen-bond acceptors (Lipinski definition) is 3. The molecular weight excluding hydrogens is 182 g/mol. The molecule has 1 N–H and O–H groups in total. The van der Waals surface area contributed by atoms with Gasteiger partial charge >= 0.3 is 5.97 Å². The molecule has 0 radical (unpaired) electrons. The summed E-state index contributed by atoms with van der Waals surface area (Å²) in [4.78, 5) is 24.1. The van der Waals surface area contributed by atoms with Gasteiger partial charge in [-0.2, -0.15) is 0 Å². The fraction of sp³-hybridized carbons (Fsp3) is 0.800. The molecule has 0 spiro atoms. The molecule has 0 aromatic heterocycles. The van der Waals surface area contributed by atoms with Gasteiger partial charge in [0.25, 0.3) is 0 Å². The average molecular weight is 199 g/mol. The van der Waals surface area contributed by atoms with E-state index < -0.39 is 5.97 Å². The first kappa shape index (κ1) is 11.2. The summed E-state index contributed by atoms with van der Waals surface area (Å²) in [5.74, 6) is -0.695. The standard InChI is InChI=1S/C10H17NO3/c1-7-8(3-4-10(13)14)9(12)5-6-11(7)2/h7-8H,3-6H2,1-2H3,(H,13,14). The highest BCUT2D eigenvalue weighted by atomic mass is 16.4. The average Bonchev–Trinajstić information content (AvgIpc) is 2.11. The molecule has 0 aliphatic carbocycles. The zero-order valence-electron chi connectivity index (χ0n) is 8.69. The Kier molecular flexibility index (Phi) is 3.63. The molecule has 2 unspecified atom stereocenters. The number of carboxylic acid groups (broad SMARTS) is 1. The van der Waals surface area contributed by atoms with Crippen molar-refractivity contribution in [3.8, 4) is 0 Å². The van der Waals surface area contributed by atoms with Gasteiger partial charge in [0.1, 0.15) is 5.78 Å². The van der Waals surface area contributed by atoms with E-state index in [9.17, 15) is 9.59 Å². The van der Waals surface area contributed by atoms with Gasteiger partial charge in [-0.15, -0.1) is 0 Å². The van der Waals surface area contributed by atoms with Crippen LogP contribution in [0, 0.1) is 5.92 Å². The van der Waals surface area contributed by atoms with Gasteiger partial charge in [-0.05, 0) is 20.4 Å². The number of rotatable bonds is 3. The second kappa shape index (κ2) is 4.55. The third kappa shape index (κ3) is 2.54. The van der Waals surface area contributed by atoms with Crippen molar-refractivity contribution >= 4 is 11.8 Å². The molecule has 14 heavy (non-hydrogen) atoms. The van der Waals surface area contributed by atoms with Crippen LogP contribution < -0.4 is 0 Å². The van der Waals surface area contributed by atoms with Crippen molar-refractivity contribution in [2.24, 2.45) is 5.92 Å². The Bertz CT molecular complexity index is 240. The predicted molar refractivity (Wildman–Crippen MR) is 52.1 cm³/mol. The molecule has 80 valence electrons. The topological polar surface area (TPSA) is 57.6 Å². The lowest BCUT2D eigenvalue weighted by Crippen LogP contribution is -2.45. The predicted octanol–water partition coefficient (Wildman–Crippen LogP) is 0.760. The zero-order valence-corrected chi connectivity index (χ0v) is 8.69. The van der Waals surface area contributed by atoms with Gasteiger partial charge in [-0.3, -0.25) is 9.59 Å². The molecule has 0 bridgehead atoms. The largest absolute Gasteiger partial charge is 0.481 e. The van der Waals surface area contributed by atoms with Gasteiger partial charge in [0.2, 0.25) is 0 Å². The Hall–Kier alpha value is -0.900. The van der Waals surface area contributed by atoms with Crippen LogP contribution in [0.25, 0.3) is 0 Å². The number of carbonyl (C=O) groups is 2. The highest BCUT2D eigenvalue weighted by molar-refractivity contribution is 5.83. The molecule has 1 aliphatic heterocycles. The van der Waals surface area contributed by atoms with E-state index in [4.69, 9.17) is 5.11 Å². The van der Waals surface area contributed by atoms with Crippen LogP contribution in [-0.4, -0.2) is 41.4 Å². The van der Waals surface area contributed by atoms with Gasteiger partial charge in [0, 0.05) is 31.3 Å². The van der Waals surface area contributed by atoms with E-state index in [1.165, 1.54) is 0 Å². The number of carbonyl (C=O) groups excluding carboxylic acids is 1. The molecule has 2 atom stereocenters. The van der Waals surface area contributed by atoms with E-state index in [-0.39, 0.29) is 24.2 Å². The number of hydrogen-bond donors (Lipinski definition) is 1. The molecule has 1 rings (SSSR count). The highest BCUT2D eigenvalue weighted by Crippen LogP contribution is 2.23. The van der Waals surface area contributed by atoms with Gasteiger partial charge in [-0.1, -0.05) is 0 Å². The number of likely N-dealkylation sites (tertiary alicyclic amines) is 1. The van der Waals surface area contributed by atoms with Crippen molar-refractivity contribution in [3.63, 3.8) is 0 Å². The number of aliphatic carboxylic acids is 1. The summed E-state index contributed by atoms with van der Waals surface area (Å²) in [7, 11) is 1.98. The molecule has 1 heterocycles. The second-order valence-electron chi connectivity index (χ2n) is 3.98. The molecule has 4 nitrogen and oxygen atoms in total. The maximum Gasteiger partial charge on any atom is 0.303 e. The Morgan fingerprint density at radius 3 is 2.86 bits per heavy atom. The quantitative estimate of drug-likeness (QED) is 0.729. The summed E-state index contributed by atoms with van der Waals surface area (Å²) in [6.07, 6.45) is 1.12. The molecule has 4 heteroatoms. The maximum absolute atomic E-state index is 11.5. The summed E-state index contributed by atoms with van der Waals surface area (Å²) < 4.78 is 0. The Labute approximate surface area is 83.9 Å². The first-order valence-corrected chi connectivity index (χ1v) is 4.97. The van der Waals surface area contributed by atoms with Gasteiger partial charge in [0.15, 0.2) is 0 Å². The van der Waals surface area contributed by atoms with Crippen molar-refractivity contribution in [2.75, 3.05) is 13.6 Å². The van der Waals surface area contributed by atoms with Crippen molar-refractivity contribution in [2.45, 2.75) is 32.2 Å². The minimum Gasteiger partial charge on any atom is -0.481 e. The Morgan fingerprint density at radius 2 is 2.29 bits per heavy atom. The monoisotopic (exact) mass is 199 g/mol. The highest BCUT2D eigenvalue weighted by Gasteiger charge is 2.31. The molecular formula is C10H17NO3. The van der Waals surface area contributed by atoms with Crippen LogP contribution in [0.4, 0.5) is 0 Å². The Morgan fingerprint density at radius 1 is 1.64 bits per heavy atom. The second-order valence-corrected chi connectivity index (χ2v) is 3.98. The van der Waals surface area contributed by atoms with Gasteiger partial charge < -0.3 is 10.0 Å². The number of nitrogens with zero attached hydrogens (tertiary/aromatic N) is 1. The summed E-state index contributed by atoms with van der Waals surface area (Å²) in [5.41, 5.74) is 0. The van der Waals surface area contributed by atoms with E-state index in [1.54, 1.807) is 0 Å². The molecule has 0 aromatic carbocycles. The molecule has 0 aromatic rings. The molecule has 1 aliphatic rings. The fourth-order valence-electron chi connectivity index (χ4n) is 1.93. The zero-order chi connectivity index (χ0) is 10.7. The molecule has 0 amide bonds. The van der Waals surface area contributed by atoms with Crippen LogP contribution in [0.5, 0.6) is 0 Å². The summed E-state index contributed by atoms with van der Waals surface area (Å²) in [6.45, 7) is 2.78. The summed E-state index contributed by atoms with van der Waals surface area (Å²) in [6, 6.07) is 0.176. The van der Waals surface area contributed by atoms with E-state index in [0.29, 0.717) is 12.8 Å². The van der Waals surface area contributed by atoms with E-state index in [2.05, 4.69) is 4.90 Å². The third-order valence-electron chi connectivity index (χ3n) is 3.07. The van der Waals surface area contributed by atoms with Crippen molar-refractivity contribution in [1.29, 1.82) is 0 Å². The fourth-order valence-corrected chi connectivity index (χ4v) is 1.93. The number of piperidine rings is 1. The Balaban J connectivity index is 2.54. The lowest BCUT2D eigenvalue weighted by Gasteiger charge is -2.35. The smallest absolute Gasteiger partial charge is 0.303 e. The SMILES string of the molecule is CC1C(CCC(=O)O)C(=O)CCN1C. The first-order chi connectivity index (χ1) is 6.52. The van der Waals surface area contributed by atoms with Crippen LogP contribution in [0.2, 0.25) is 0 Å². The van der Waals surface area contributed by atoms with E-state index >= 15 is 0 Å². The summed E-state index contributed by atoms with van der Waals surface area (Å²) >= 11 is 0. The van der Waals surface area contributed by atoms with Crippen molar-refractivity contribution in [1.82, 2.24) is 4.90 Å². The molecule has 0 saturated carbocycles. The first-order valence-electron chi connectivity index (χ1n) is 4.97.